The van der Waals surface area contributed by atoms with Crippen LogP contribution in [0.3, 0.4) is 0 Å². The van der Waals surface area contributed by atoms with Crippen LogP contribution in [0.2, 0.25) is 4.34 Å². The predicted molar refractivity (Wildman–Crippen MR) is 112 cm³/mol. The third-order valence-corrected chi connectivity index (χ3v) is 6.55. The van der Waals surface area contributed by atoms with Gasteiger partial charge in [-0.25, -0.2) is 4.68 Å². The molecule has 0 saturated heterocycles. The molecule has 1 saturated carbocycles. The van der Waals surface area contributed by atoms with Gasteiger partial charge in [-0.3, -0.25) is 14.0 Å². The number of carbonyl (C=O) groups is 1. The van der Waals surface area contributed by atoms with E-state index < -0.39 is 17.3 Å². The number of thiophene rings is 1. The van der Waals surface area contributed by atoms with Crippen LogP contribution < -0.4 is 10.9 Å². The van der Waals surface area contributed by atoms with E-state index in [0.29, 0.717) is 28.2 Å². The molecule has 1 amide bonds. The molecule has 3 atom stereocenters. The zero-order valence-corrected chi connectivity index (χ0v) is 17.8. The monoisotopic (exact) mass is 438 g/mol. The summed E-state index contributed by atoms with van der Waals surface area (Å²) < 4.78 is 4.06. The average Bonchev–Trinajstić information content (AvgIpc) is 3.12. The van der Waals surface area contributed by atoms with E-state index >= 15 is 0 Å². The molecule has 1 unspecified atom stereocenters. The van der Waals surface area contributed by atoms with Crippen LogP contribution in [0.5, 0.6) is 0 Å². The van der Waals surface area contributed by atoms with Crippen molar-refractivity contribution in [1.82, 2.24) is 19.5 Å². The number of rotatable bonds is 4. The molecule has 29 heavy (non-hydrogen) atoms. The first-order valence-corrected chi connectivity index (χ1v) is 10.8. The van der Waals surface area contributed by atoms with Crippen LogP contribution >= 0.6 is 22.9 Å². The average molecular weight is 439 g/mol. The summed E-state index contributed by atoms with van der Waals surface area (Å²) in [4.78, 5) is 25.5. The summed E-state index contributed by atoms with van der Waals surface area (Å²) in [6.45, 7) is 3.07. The maximum Gasteiger partial charge on any atom is 0.291 e. The van der Waals surface area contributed by atoms with Gasteiger partial charge in [-0.2, -0.15) is 5.10 Å². The number of hydrogen-bond acceptors (Lipinski definition) is 6. The number of nitrogens with one attached hydrogen (secondary N) is 1. The number of hydrogen-bond donors (Lipinski definition) is 3. The summed E-state index contributed by atoms with van der Waals surface area (Å²) in [5.41, 5.74) is -0.165. The minimum absolute atomic E-state index is 0.136. The quantitative estimate of drug-likeness (QED) is 0.578. The predicted octanol–water partition coefficient (Wildman–Crippen LogP) is 2.23. The summed E-state index contributed by atoms with van der Waals surface area (Å²) >= 11 is 7.41. The van der Waals surface area contributed by atoms with Gasteiger partial charge in [-0.05, 0) is 51.7 Å². The molecule has 3 N–H and O–H groups in total. The Morgan fingerprint density at radius 1 is 1.48 bits per heavy atom. The summed E-state index contributed by atoms with van der Waals surface area (Å²) in [7, 11) is 0. The van der Waals surface area contributed by atoms with E-state index in [-0.39, 0.29) is 24.3 Å². The van der Waals surface area contributed by atoms with Gasteiger partial charge < -0.3 is 15.5 Å². The van der Waals surface area contributed by atoms with Crippen molar-refractivity contribution in [3.63, 3.8) is 0 Å². The molecular formula is C19H23ClN4O4S. The number of aliphatic hydroxyl groups is 2. The van der Waals surface area contributed by atoms with Gasteiger partial charge in [0.25, 0.3) is 5.56 Å². The zero-order chi connectivity index (χ0) is 20.9. The second-order valence-electron chi connectivity index (χ2n) is 8.02. The van der Waals surface area contributed by atoms with E-state index in [1.54, 1.807) is 30.4 Å². The van der Waals surface area contributed by atoms with Crippen molar-refractivity contribution in [2.45, 2.75) is 63.8 Å². The standard InChI is InChI=1S/C19H23ClN4O4S/c1-10(25)17-22-23(9-16(26)21-11-4-3-5-19(2,28)8-11)18(27)13-6-14-12(24(13)17)7-15(20)29-14/h6-7,10-11,25,28H,3-5,8-9H2,1-2H3,(H,21,26)/t10?,11-,19-/m1/s1. The normalized spacial score (nSPS) is 23.6. The fourth-order valence-corrected chi connectivity index (χ4v) is 5.25. The summed E-state index contributed by atoms with van der Waals surface area (Å²) in [6, 6.07) is 3.30. The molecule has 156 valence electrons. The van der Waals surface area contributed by atoms with Crippen molar-refractivity contribution in [2.24, 2.45) is 0 Å². The molecular weight excluding hydrogens is 416 g/mol. The smallest absolute Gasteiger partial charge is 0.291 e. The van der Waals surface area contributed by atoms with Crippen LogP contribution in [-0.4, -0.2) is 41.9 Å². The number of amides is 1. The Morgan fingerprint density at radius 2 is 2.24 bits per heavy atom. The highest BCUT2D eigenvalue weighted by molar-refractivity contribution is 7.22. The van der Waals surface area contributed by atoms with Crippen molar-refractivity contribution in [3.05, 3.63) is 32.6 Å². The molecule has 8 nitrogen and oxygen atoms in total. The topological polar surface area (TPSA) is 109 Å². The fourth-order valence-electron chi connectivity index (χ4n) is 4.09. The fraction of sp³-hybridized carbons (Fsp3) is 0.526. The van der Waals surface area contributed by atoms with Gasteiger partial charge >= 0.3 is 0 Å². The Labute approximate surface area is 175 Å². The van der Waals surface area contributed by atoms with Gasteiger partial charge in [-0.15, -0.1) is 11.3 Å². The molecule has 3 aromatic rings. The van der Waals surface area contributed by atoms with Crippen LogP contribution in [0.4, 0.5) is 0 Å². The first-order chi connectivity index (χ1) is 13.6. The number of nitrogens with zero attached hydrogens (tertiary/aromatic N) is 3. The van der Waals surface area contributed by atoms with Crippen LogP contribution in [0.15, 0.2) is 16.9 Å². The summed E-state index contributed by atoms with van der Waals surface area (Å²) in [5, 5.41) is 27.6. The number of fused-ring (bicyclic) bond motifs is 3. The lowest BCUT2D eigenvalue weighted by atomic mass is 9.83. The number of aromatic nitrogens is 3. The molecule has 1 aliphatic carbocycles. The highest BCUT2D eigenvalue weighted by Gasteiger charge is 2.30. The lowest BCUT2D eigenvalue weighted by Gasteiger charge is -2.34. The minimum Gasteiger partial charge on any atom is -0.390 e. The van der Waals surface area contributed by atoms with Gasteiger partial charge in [0, 0.05) is 6.04 Å². The van der Waals surface area contributed by atoms with Crippen molar-refractivity contribution >= 4 is 44.6 Å². The maximum atomic E-state index is 12.9. The van der Waals surface area contributed by atoms with Gasteiger partial charge in [0.2, 0.25) is 5.91 Å². The van der Waals surface area contributed by atoms with E-state index in [2.05, 4.69) is 10.4 Å². The lowest BCUT2D eigenvalue weighted by molar-refractivity contribution is -0.123. The molecule has 10 heteroatoms. The molecule has 0 aromatic carbocycles. The Kier molecular flexibility index (Phi) is 5.18. The molecule has 0 bridgehead atoms. The molecule has 3 heterocycles. The number of carbonyl (C=O) groups excluding carboxylic acids is 1. The SMILES string of the molecule is CC(O)c1nn(CC(=O)N[C@@H]2CCC[C@@](C)(O)C2)c(=O)c2cc3sc(Cl)cc3n12. The number of halogens is 1. The van der Waals surface area contributed by atoms with Gasteiger partial charge in [-0.1, -0.05) is 11.6 Å². The van der Waals surface area contributed by atoms with Gasteiger partial charge in [0.05, 0.1) is 20.2 Å². The van der Waals surface area contributed by atoms with Crippen LogP contribution in [0.25, 0.3) is 15.7 Å². The van der Waals surface area contributed by atoms with E-state index in [9.17, 15) is 19.8 Å². The second-order valence-corrected chi connectivity index (χ2v) is 9.73. The first kappa shape index (κ1) is 20.3. The van der Waals surface area contributed by atoms with E-state index in [0.717, 1.165) is 22.2 Å². The third kappa shape index (κ3) is 3.92. The van der Waals surface area contributed by atoms with Crippen molar-refractivity contribution in [3.8, 4) is 0 Å². The highest BCUT2D eigenvalue weighted by atomic mass is 35.5. The van der Waals surface area contributed by atoms with E-state index in [4.69, 9.17) is 11.6 Å². The molecule has 0 aliphatic heterocycles. The highest BCUT2D eigenvalue weighted by Crippen LogP contribution is 2.32. The second kappa shape index (κ2) is 7.39. The zero-order valence-electron chi connectivity index (χ0n) is 16.2. The molecule has 0 spiro atoms. The first-order valence-electron chi connectivity index (χ1n) is 9.56. The molecule has 4 rings (SSSR count). The lowest BCUT2D eigenvalue weighted by Crippen LogP contribution is -2.46. The van der Waals surface area contributed by atoms with Crippen LogP contribution in [0.1, 0.15) is 51.5 Å². The summed E-state index contributed by atoms with van der Waals surface area (Å²) in [5.74, 6) is -0.0860. The summed E-state index contributed by atoms with van der Waals surface area (Å²) in [6.07, 6.45) is 1.87. The Bertz CT molecular complexity index is 1150. The van der Waals surface area contributed by atoms with Crippen molar-refractivity contribution < 1.29 is 15.0 Å². The van der Waals surface area contributed by atoms with Crippen molar-refractivity contribution in [2.75, 3.05) is 0 Å². The van der Waals surface area contributed by atoms with Gasteiger partial charge in [0.1, 0.15) is 18.2 Å². The molecule has 1 fully saturated rings. The molecule has 3 aromatic heterocycles. The Balaban J connectivity index is 1.66. The van der Waals surface area contributed by atoms with E-state index in [1.807, 2.05) is 0 Å². The largest absolute Gasteiger partial charge is 0.390 e. The van der Waals surface area contributed by atoms with Crippen molar-refractivity contribution in [1.29, 1.82) is 0 Å². The Morgan fingerprint density at radius 3 is 2.93 bits per heavy atom. The van der Waals surface area contributed by atoms with Crippen LogP contribution in [0, 0.1) is 0 Å². The maximum absolute atomic E-state index is 12.9. The van der Waals surface area contributed by atoms with Crippen LogP contribution in [-0.2, 0) is 11.3 Å². The van der Waals surface area contributed by atoms with E-state index in [1.165, 1.54) is 11.3 Å². The molecule has 0 radical (unpaired) electrons. The minimum atomic E-state index is -0.949. The van der Waals surface area contributed by atoms with Gasteiger partial charge in [0.15, 0.2) is 5.82 Å². The molecule has 1 aliphatic rings. The third-order valence-electron chi connectivity index (χ3n) is 5.35. The Hall–Kier alpha value is -1.94. The number of aliphatic hydroxyl groups excluding tert-OH is 1.